The van der Waals surface area contributed by atoms with Crippen molar-refractivity contribution in [3.63, 3.8) is 0 Å². The van der Waals surface area contributed by atoms with Crippen molar-refractivity contribution in [1.82, 2.24) is 20.4 Å². The molecule has 0 spiro atoms. The van der Waals surface area contributed by atoms with Gasteiger partial charge in [0.1, 0.15) is 10.8 Å². The SMILES string of the molecule is Cc1noc(C)c1CSc1ncccc1C(=O)NCCCc1nc2c(s1)CCCC2. The first-order chi connectivity index (χ1) is 14.6. The molecular weight excluding hydrogens is 416 g/mol. The second-order valence-electron chi connectivity index (χ2n) is 7.49. The first-order valence-electron chi connectivity index (χ1n) is 10.4. The third-order valence-electron chi connectivity index (χ3n) is 5.29. The van der Waals surface area contributed by atoms with E-state index in [1.54, 1.807) is 12.3 Å². The number of hydrogen-bond acceptors (Lipinski definition) is 7. The Hall–Kier alpha value is -2.19. The maximum atomic E-state index is 12.7. The van der Waals surface area contributed by atoms with Crippen molar-refractivity contribution < 1.29 is 9.32 Å². The number of carbonyl (C=O) groups is 1. The van der Waals surface area contributed by atoms with Gasteiger partial charge in [0, 0.05) is 35.4 Å². The number of fused-ring (bicyclic) bond motifs is 1. The van der Waals surface area contributed by atoms with Crippen LogP contribution in [0.15, 0.2) is 27.9 Å². The van der Waals surface area contributed by atoms with Crippen LogP contribution < -0.4 is 5.32 Å². The number of amides is 1. The van der Waals surface area contributed by atoms with E-state index in [0.717, 1.165) is 41.3 Å². The summed E-state index contributed by atoms with van der Waals surface area (Å²) in [6, 6.07) is 3.63. The lowest BCUT2D eigenvalue weighted by Gasteiger charge is -2.09. The topological polar surface area (TPSA) is 80.9 Å². The standard InChI is InChI=1S/C22H26N4O2S2/c1-14-17(15(2)28-26-14)13-29-22-16(7-5-12-24-22)21(27)23-11-6-10-20-25-18-8-3-4-9-19(18)30-20/h5,7,12H,3-4,6,8-11,13H2,1-2H3,(H,23,27). The van der Waals surface area contributed by atoms with Crippen molar-refractivity contribution in [3.8, 4) is 0 Å². The molecular formula is C22H26N4O2S2. The van der Waals surface area contributed by atoms with Crippen molar-refractivity contribution in [2.75, 3.05) is 6.54 Å². The zero-order valence-electron chi connectivity index (χ0n) is 17.4. The molecule has 0 saturated heterocycles. The maximum absolute atomic E-state index is 12.7. The number of hydrogen-bond donors (Lipinski definition) is 1. The summed E-state index contributed by atoms with van der Waals surface area (Å²) < 4.78 is 5.22. The van der Waals surface area contributed by atoms with Crippen molar-refractivity contribution in [2.45, 2.75) is 63.2 Å². The summed E-state index contributed by atoms with van der Waals surface area (Å²) in [7, 11) is 0. The van der Waals surface area contributed by atoms with Crippen LogP contribution in [0.2, 0.25) is 0 Å². The zero-order valence-corrected chi connectivity index (χ0v) is 19.0. The predicted octanol–water partition coefficient (Wildman–Crippen LogP) is 4.68. The number of nitrogens with zero attached hydrogens (tertiary/aromatic N) is 3. The van der Waals surface area contributed by atoms with Crippen LogP contribution in [0, 0.1) is 13.8 Å². The summed E-state index contributed by atoms with van der Waals surface area (Å²) in [5.41, 5.74) is 3.86. The Labute approximate surface area is 184 Å². The molecule has 0 radical (unpaired) electrons. The van der Waals surface area contributed by atoms with Crippen molar-refractivity contribution in [1.29, 1.82) is 0 Å². The molecule has 3 heterocycles. The van der Waals surface area contributed by atoms with Crippen molar-refractivity contribution in [3.05, 3.63) is 56.5 Å². The smallest absolute Gasteiger partial charge is 0.254 e. The highest BCUT2D eigenvalue weighted by Crippen LogP contribution is 2.28. The minimum absolute atomic E-state index is 0.0807. The number of aryl methyl sites for hydroxylation is 5. The molecule has 3 aromatic heterocycles. The average molecular weight is 443 g/mol. The van der Waals surface area contributed by atoms with Gasteiger partial charge in [-0.15, -0.1) is 23.1 Å². The average Bonchev–Trinajstić information content (AvgIpc) is 3.32. The fourth-order valence-electron chi connectivity index (χ4n) is 3.58. The van der Waals surface area contributed by atoms with Crippen LogP contribution in [0.4, 0.5) is 0 Å². The maximum Gasteiger partial charge on any atom is 0.254 e. The summed E-state index contributed by atoms with van der Waals surface area (Å²) in [5, 5.41) is 8.96. The van der Waals surface area contributed by atoms with E-state index >= 15 is 0 Å². The van der Waals surface area contributed by atoms with E-state index in [2.05, 4.69) is 15.5 Å². The zero-order chi connectivity index (χ0) is 20.9. The molecule has 158 valence electrons. The van der Waals surface area contributed by atoms with Crippen molar-refractivity contribution >= 4 is 29.0 Å². The summed E-state index contributed by atoms with van der Waals surface area (Å²) in [5.74, 6) is 1.40. The first-order valence-corrected chi connectivity index (χ1v) is 12.2. The molecule has 8 heteroatoms. The molecule has 1 aliphatic carbocycles. The van der Waals surface area contributed by atoms with Crippen LogP contribution in [0.3, 0.4) is 0 Å². The predicted molar refractivity (Wildman–Crippen MR) is 119 cm³/mol. The van der Waals surface area contributed by atoms with Gasteiger partial charge in [-0.25, -0.2) is 9.97 Å². The fraction of sp³-hybridized carbons (Fsp3) is 0.455. The van der Waals surface area contributed by atoms with Crippen molar-refractivity contribution in [2.24, 2.45) is 0 Å². The summed E-state index contributed by atoms with van der Waals surface area (Å²) in [6.07, 6.45) is 8.37. The lowest BCUT2D eigenvalue weighted by atomic mass is 10.0. The Balaban J connectivity index is 1.29. The number of nitrogens with one attached hydrogen (secondary N) is 1. The van der Waals surface area contributed by atoms with E-state index in [-0.39, 0.29) is 5.91 Å². The van der Waals surface area contributed by atoms with Crippen LogP contribution in [0.5, 0.6) is 0 Å². The molecule has 0 aromatic carbocycles. The Morgan fingerprint density at radius 1 is 1.30 bits per heavy atom. The fourth-order valence-corrected chi connectivity index (χ4v) is 5.92. The van der Waals surface area contributed by atoms with Gasteiger partial charge >= 0.3 is 0 Å². The number of thioether (sulfide) groups is 1. The highest BCUT2D eigenvalue weighted by atomic mass is 32.2. The summed E-state index contributed by atoms with van der Waals surface area (Å²) in [6.45, 7) is 4.46. The molecule has 0 fully saturated rings. The van der Waals surface area contributed by atoms with Gasteiger partial charge < -0.3 is 9.84 Å². The molecule has 1 amide bonds. The van der Waals surface area contributed by atoms with E-state index in [1.807, 2.05) is 31.3 Å². The lowest BCUT2D eigenvalue weighted by molar-refractivity contribution is 0.0949. The van der Waals surface area contributed by atoms with Gasteiger partial charge in [0.2, 0.25) is 0 Å². The molecule has 0 aliphatic heterocycles. The van der Waals surface area contributed by atoms with Gasteiger partial charge in [0.25, 0.3) is 5.91 Å². The molecule has 6 nitrogen and oxygen atoms in total. The lowest BCUT2D eigenvalue weighted by Crippen LogP contribution is -2.25. The largest absolute Gasteiger partial charge is 0.361 e. The Bertz CT molecular complexity index is 985. The molecule has 3 aromatic rings. The van der Waals surface area contributed by atoms with E-state index in [1.165, 1.54) is 46.6 Å². The van der Waals surface area contributed by atoms with Gasteiger partial charge in [-0.3, -0.25) is 4.79 Å². The highest BCUT2D eigenvalue weighted by molar-refractivity contribution is 7.98. The van der Waals surface area contributed by atoms with Gasteiger partial charge in [-0.2, -0.15) is 0 Å². The Morgan fingerprint density at radius 2 is 2.17 bits per heavy atom. The van der Waals surface area contributed by atoms with E-state index in [4.69, 9.17) is 9.51 Å². The quantitative estimate of drug-likeness (QED) is 0.403. The number of pyridine rings is 1. The van der Waals surface area contributed by atoms with E-state index < -0.39 is 0 Å². The van der Waals surface area contributed by atoms with Crippen LogP contribution >= 0.6 is 23.1 Å². The number of carbonyl (C=O) groups excluding carboxylic acids is 1. The van der Waals surface area contributed by atoms with Crippen LogP contribution in [-0.4, -0.2) is 27.6 Å². The van der Waals surface area contributed by atoms with Gasteiger partial charge in [0.15, 0.2) is 0 Å². The normalized spacial score (nSPS) is 13.3. The number of aromatic nitrogens is 3. The molecule has 0 saturated carbocycles. The molecule has 0 atom stereocenters. The Morgan fingerprint density at radius 3 is 2.97 bits per heavy atom. The van der Waals surface area contributed by atoms with Gasteiger partial charge in [-0.05, 0) is 58.1 Å². The minimum Gasteiger partial charge on any atom is -0.361 e. The highest BCUT2D eigenvalue weighted by Gasteiger charge is 2.17. The molecule has 1 N–H and O–H groups in total. The summed E-state index contributed by atoms with van der Waals surface area (Å²) in [4.78, 5) is 23.4. The van der Waals surface area contributed by atoms with E-state index in [0.29, 0.717) is 17.9 Å². The third kappa shape index (κ3) is 4.92. The van der Waals surface area contributed by atoms with Crippen LogP contribution in [0.25, 0.3) is 0 Å². The molecule has 30 heavy (non-hydrogen) atoms. The monoisotopic (exact) mass is 442 g/mol. The third-order valence-corrected chi connectivity index (χ3v) is 7.54. The molecule has 4 rings (SSSR count). The molecule has 0 bridgehead atoms. The summed E-state index contributed by atoms with van der Waals surface area (Å²) >= 11 is 3.38. The van der Waals surface area contributed by atoms with Crippen LogP contribution in [-0.2, 0) is 25.0 Å². The second-order valence-corrected chi connectivity index (χ2v) is 9.62. The number of rotatable bonds is 8. The van der Waals surface area contributed by atoms with Crippen LogP contribution in [0.1, 0.15) is 62.2 Å². The Kier molecular flexibility index (Phi) is 6.84. The number of thiazole rings is 1. The van der Waals surface area contributed by atoms with E-state index in [9.17, 15) is 4.79 Å². The first kappa shape index (κ1) is 21.1. The molecule has 0 unspecified atom stereocenters. The van der Waals surface area contributed by atoms with Gasteiger partial charge in [0.05, 0.1) is 22.0 Å². The molecule has 1 aliphatic rings. The minimum atomic E-state index is -0.0807. The second kappa shape index (κ2) is 9.75. The van der Waals surface area contributed by atoms with Gasteiger partial charge in [-0.1, -0.05) is 5.16 Å².